The minimum atomic E-state index is 0.0856. The average Bonchev–Trinajstić information content (AvgIpc) is 2.30. The number of rotatable bonds is 2. The summed E-state index contributed by atoms with van der Waals surface area (Å²) in [6.07, 6.45) is 8.06. The molecule has 0 amide bonds. The van der Waals surface area contributed by atoms with Crippen molar-refractivity contribution in [2.45, 2.75) is 11.6 Å². The first-order valence-corrected chi connectivity index (χ1v) is 5.52. The molecule has 1 aliphatic rings. The predicted octanol–water partition coefficient (Wildman–Crippen LogP) is 3.56. The molecule has 0 bridgehead atoms. The van der Waals surface area contributed by atoms with Gasteiger partial charge in [0.05, 0.1) is 5.66 Å². The van der Waals surface area contributed by atoms with E-state index in [1.165, 1.54) is 5.56 Å². The maximum atomic E-state index is 11.0. The van der Waals surface area contributed by atoms with Gasteiger partial charge in [0, 0.05) is 5.92 Å². The predicted molar refractivity (Wildman–Crippen MR) is 58.9 cm³/mol. The molecule has 14 heavy (non-hydrogen) atoms. The maximum absolute atomic E-state index is 11.0. The van der Waals surface area contributed by atoms with E-state index < -0.39 is 0 Å². The molecule has 0 saturated heterocycles. The molecule has 0 aromatic heterocycles. The molecule has 0 N–H and O–H groups in total. The zero-order chi connectivity index (χ0) is 9.80. The fourth-order valence-corrected chi connectivity index (χ4v) is 2.25. The van der Waals surface area contributed by atoms with Crippen molar-refractivity contribution in [3.8, 4) is 0 Å². The van der Waals surface area contributed by atoms with Crippen molar-refractivity contribution < 1.29 is 4.57 Å². The summed E-state index contributed by atoms with van der Waals surface area (Å²) in [6, 6.07) is 10.2. The van der Waals surface area contributed by atoms with Crippen LogP contribution in [0, 0.1) is 0 Å². The van der Waals surface area contributed by atoms with Crippen LogP contribution in [0.1, 0.15) is 11.5 Å². The third kappa shape index (κ3) is 1.83. The van der Waals surface area contributed by atoms with Crippen LogP contribution < -0.4 is 0 Å². The van der Waals surface area contributed by atoms with E-state index in [0.717, 1.165) is 0 Å². The highest BCUT2D eigenvalue weighted by molar-refractivity contribution is 7.25. The molecule has 70 valence electrons. The molecule has 0 radical (unpaired) electrons. The summed E-state index contributed by atoms with van der Waals surface area (Å²) in [7, 11) is 0.193. The second kappa shape index (κ2) is 4.34. The Morgan fingerprint density at radius 3 is 2.43 bits per heavy atom. The van der Waals surface area contributed by atoms with E-state index in [9.17, 15) is 4.57 Å². The minimum absolute atomic E-state index is 0.0856. The molecule has 0 heterocycles. The molecule has 2 rings (SSSR count). The van der Waals surface area contributed by atoms with Crippen molar-refractivity contribution >= 4 is 8.46 Å². The van der Waals surface area contributed by atoms with Gasteiger partial charge in [-0.3, -0.25) is 4.57 Å². The number of benzene rings is 1. The lowest BCUT2D eigenvalue weighted by Crippen LogP contribution is -2.10. The monoisotopic (exact) mass is 202 g/mol. The summed E-state index contributed by atoms with van der Waals surface area (Å²) < 4.78 is 11.0. The van der Waals surface area contributed by atoms with Crippen LogP contribution in [-0.2, 0) is 4.57 Å². The van der Waals surface area contributed by atoms with Gasteiger partial charge in [0.25, 0.3) is 0 Å². The molecular formula is C12H11OP. The third-order valence-corrected chi connectivity index (χ3v) is 3.15. The van der Waals surface area contributed by atoms with Crippen molar-refractivity contribution in [1.29, 1.82) is 0 Å². The van der Waals surface area contributed by atoms with Crippen molar-refractivity contribution in [1.82, 2.24) is 0 Å². The van der Waals surface area contributed by atoms with E-state index >= 15 is 0 Å². The van der Waals surface area contributed by atoms with Crippen LogP contribution in [0.15, 0.2) is 54.6 Å². The van der Waals surface area contributed by atoms with E-state index in [-0.39, 0.29) is 20.0 Å². The molecule has 1 aromatic rings. The van der Waals surface area contributed by atoms with E-state index in [0.29, 0.717) is 0 Å². The largest absolute Gasteiger partial charge is 0.274 e. The Bertz CT molecular complexity index is 367. The normalized spacial score (nSPS) is 25.4. The first kappa shape index (κ1) is 9.36. The topological polar surface area (TPSA) is 17.1 Å². The van der Waals surface area contributed by atoms with Crippen molar-refractivity contribution in [2.24, 2.45) is 0 Å². The first-order chi connectivity index (χ1) is 6.92. The summed E-state index contributed by atoms with van der Waals surface area (Å²) in [4.78, 5) is 0. The van der Waals surface area contributed by atoms with Gasteiger partial charge in [-0.2, -0.15) is 0 Å². The highest BCUT2D eigenvalue weighted by Gasteiger charge is 2.19. The summed E-state index contributed by atoms with van der Waals surface area (Å²) >= 11 is 0. The third-order valence-electron chi connectivity index (χ3n) is 2.41. The zero-order valence-electron chi connectivity index (χ0n) is 7.71. The summed E-state index contributed by atoms with van der Waals surface area (Å²) in [6.45, 7) is 0. The number of hydrogen-bond acceptors (Lipinski definition) is 1. The fourth-order valence-electron chi connectivity index (χ4n) is 1.68. The standard InChI is InChI=1S/C12H11OP/c13-14-12-9-5-4-8-11(12)10-6-2-1-3-7-10/h1-9,11-12H. The highest BCUT2D eigenvalue weighted by atomic mass is 31.1. The average molecular weight is 202 g/mol. The Morgan fingerprint density at radius 2 is 1.71 bits per heavy atom. The van der Waals surface area contributed by atoms with Crippen LogP contribution in [0.2, 0.25) is 0 Å². The molecule has 0 aliphatic heterocycles. The van der Waals surface area contributed by atoms with Gasteiger partial charge in [-0.05, 0) is 5.56 Å². The Morgan fingerprint density at radius 1 is 1.00 bits per heavy atom. The summed E-state index contributed by atoms with van der Waals surface area (Å²) in [5.74, 6) is 0.250. The molecule has 0 saturated carbocycles. The Kier molecular flexibility index (Phi) is 2.90. The van der Waals surface area contributed by atoms with Gasteiger partial charge in [0.2, 0.25) is 0 Å². The van der Waals surface area contributed by atoms with Crippen molar-refractivity contribution in [2.75, 3.05) is 0 Å². The van der Waals surface area contributed by atoms with Gasteiger partial charge in [-0.25, -0.2) is 0 Å². The second-order valence-corrected chi connectivity index (χ2v) is 4.11. The molecule has 2 heteroatoms. The van der Waals surface area contributed by atoms with Crippen LogP contribution in [-0.4, -0.2) is 5.66 Å². The van der Waals surface area contributed by atoms with E-state index in [1.54, 1.807) is 0 Å². The zero-order valence-corrected chi connectivity index (χ0v) is 8.60. The highest BCUT2D eigenvalue weighted by Crippen LogP contribution is 2.31. The van der Waals surface area contributed by atoms with Gasteiger partial charge in [0.1, 0.15) is 0 Å². The quantitative estimate of drug-likeness (QED) is 0.670. The Hall–Kier alpha value is -1.20. The van der Waals surface area contributed by atoms with Crippen LogP contribution in [0.3, 0.4) is 0 Å². The molecule has 2 unspecified atom stereocenters. The van der Waals surface area contributed by atoms with Gasteiger partial charge in [-0.1, -0.05) is 54.6 Å². The summed E-state index contributed by atoms with van der Waals surface area (Å²) in [5.41, 5.74) is 1.31. The fraction of sp³-hybridized carbons (Fsp3) is 0.167. The minimum Gasteiger partial charge on any atom is -0.274 e. The molecule has 0 fully saturated rings. The van der Waals surface area contributed by atoms with Crippen LogP contribution >= 0.6 is 8.46 Å². The SMILES string of the molecule is O=PC1C=CC=CC1c1ccccc1. The van der Waals surface area contributed by atoms with Gasteiger partial charge < -0.3 is 0 Å². The van der Waals surface area contributed by atoms with E-state index in [1.807, 2.05) is 36.4 Å². The molecule has 1 nitrogen and oxygen atoms in total. The smallest absolute Gasteiger partial charge is 0.163 e. The number of allylic oxidation sites excluding steroid dienone is 4. The van der Waals surface area contributed by atoms with Crippen molar-refractivity contribution in [3.63, 3.8) is 0 Å². The molecular weight excluding hydrogens is 191 g/mol. The van der Waals surface area contributed by atoms with E-state index in [2.05, 4.69) is 18.2 Å². The molecule has 0 spiro atoms. The first-order valence-electron chi connectivity index (χ1n) is 4.64. The van der Waals surface area contributed by atoms with Gasteiger partial charge >= 0.3 is 0 Å². The van der Waals surface area contributed by atoms with Gasteiger partial charge in [0.15, 0.2) is 8.46 Å². The van der Waals surface area contributed by atoms with Crippen LogP contribution in [0.4, 0.5) is 0 Å². The van der Waals surface area contributed by atoms with Crippen LogP contribution in [0.5, 0.6) is 0 Å². The lowest BCUT2D eigenvalue weighted by atomic mass is 9.92. The molecule has 1 aromatic carbocycles. The van der Waals surface area contributed by atoms with Gasteiger partial charge in [-0.15, -0.1) is 0 Å². The Labute approximate surface area is 85.4 Å². The lowest BCUT2D eigenvalue weighted by Gasteiger charge is -2.18. The summed E-state index contributed by atoms with van der Waals surface area (Å²) in [5, 5.41) is 0. The molecule has 1 aliphatic carbocycles. The molecule has 2 atom stereocenters. The lowest BCUT2D eigenvalue weighted by molar-refractivity contribution is 0.591. The second-order valence-electron chi connectivity index (χ2n) is 3.30. The van der Waals surface area contributed by atoms with E-state index in [4.69, 9.17) is 0 Å². The number of hydrogen-bond donors (Lipinski definition) is 0. The van der Waals surface area contributed by atoms with Crippen LogP contribution in [0.25, 0.3) is 0 Å². The maximum Gasteiger partial charge on any atom is 0.163 e. The Balaban J connectivity index is 2.30. The van der Waals surface area contributed by atoms with Crippen molar-refractivity contribution in [3.05, 3.63) is 60.2 Å².